The Hall–Kier alpha value is -2.87. The maximum atomic E-state index is 12.6. The van der Waals surface area contributed by atoms with Crippen molar-refractivity contribution in [3.8, 4) is 17.1 Å². The molecule has 2 aromatic rings. The summed E-state index contributed by atoms with van der Waals surface area (Å²) in [6.45, 7) is 14.0. The third-order valence-corrected chi connectivity index (χ3v) is 5.35. The molecule has 2 rings (SSSR count). The van der Waals surface area contributed by atoms with E-state index in [0.29, 0.717) is 54.4 Å². The van der Waals surface area contributed by atoms with Crippen LogP contribution in [0.5, 0.6) is 5.75 Å². The van der Waals surface area contributed by atoms with E-state index in [1.807, 2.05) is 20.8 Å². The maximum Gasteiger partial charge on any atom is 0.319 e. The number of ether oxygens (including phenoxy) is 1. The van der Waals surface area contributed by atoms with E-state index in [-0.39, 0.29) is 11.6 Å². The predicted molar refractivity (Wildman–Crippen MR) is 130 cm³/mol. The fourth-order valence-corrected chi connectivity index (χ4v) is 3.50. The molecular weight excluding hydrogens is 406 g/mol. The molecule has 0 aliphatic heterocycles. The number of nitrogens with zero attached hydrogens (tertiary/aromatic N) is 2. The molecule has 0 fully saturated rings. The van der Waals surface area contributed by atoms with Gasteiger partial charge in [0.25, 0.3) is 5.56 Å². The number of aromatic nitrogens is 2. The van der Waals surface area contributed by atoms with Crippen LogP contribution in [0.1, 0.15) is 52.3 Å². The number of nitrogens with one attached hydrogen (secondary N) is 3. The number of aryl methyl sites for hydroxylation is 1. The third-order valence-electron chi connectivity index (χ3n) is 5.35. The Balaban J connectivity index is 2.28. The number of H-pyrrole nitrogens is 1. The van der Waals surface area contributed by atoms with Crippen molar-refractivity contribution in [2.45, 2.75) is 53.9 Å². The van der Waals surface area contributed by atoms with Crippen LogP contribution in [0.3, 0.4) is 0 Å². The van der Waals surface area contributed by atoms with Crippen molar-refractivity contribution in [2.75, 3.05) is 38.1 Å². The molecule has 0 unspecified atom stereocenters. The molecular formula is C24H37N5O3. The van der Waals surface area contributed by atoms with Crippen LogP contribution in [0.25, 0.3) is 11.4 Å². The fourth-order valence-electron chi connectivity index (χ4n) is 3.50. The molecule has 2 amide bonds. The third kappa shape index (κ3) is 6.82. The summed E-state index contributed by atoms with van der Waals surface area (Å²) in [5.41, 5.74) is 2.59. The number of rotatable bonds is 12. The minimum absolute atomic E-state index is 0.136. The van der Waals surface area contributed by atoms with Gasteiger partial charge >= 0.3 is 6.03 Å². The highest BCUT2D eigenvalue weighted by Gasteiger charge is 2.15. The van der Waals surface area contributed by atoms with Gasteiger partial charge in [-0.1, -0.05) is 34.6 Å². The number of amides is 2. The number of hydrogen-bond acceptors (Lipinski definition) is 5. The smallest absolute Gasteiger partial charge is 0.319 e. The van der Waals surface area contributed by atoms with Crippen molar-refractivity contribution >= 4 is 11.7 Å². The van der Waals surface area contributed by atoms with Crippen LogP contribution in [0.15, 0.2) is 23.0 Å². The lowest BCUT2D eigenvalue weighted by atomic mass is 10.1. The standard InChI is InChI=1S/C24H37N5O3/c1-6-15-32-21-12-11-17(26-24(31)25-13-14-29(9-4)10-5)16-19(21)22-27-20(8-3)18(7-2)23(30)28-22/h11-12,16H,6-10,13-15H2,1-5H3,(H2,25,26,31)(H,27,28,30). The number of urea groups is 1. The van der Waals surface area contributed by atoms with Gasteiger partial charge < -0.3 is 25.3 Å². The summed E-state index contributed by atoms with van der Waals surface area (Å²) in [5, 5.41) is 5.75. The van der Waals surface area contributed by atoms with Crippen LogP contribution in [-0.4, -0.2) is 53.7 Å². The first-order valence-corrected chi connectivity index (χ1v) is 11.6. The summed E-state index contributed by atoms with van der Waals surface area (Å²) >= 11 is 0. The molecule has 0 aliphatic carbocycles. The van der Waals surface area contributed by atoms with E-state index in [4.69, 9.17) is 9.72 Å². The number of carbonyl (C=O) groups is 1. The molecule has 0 saturated heterocycles. The SMILES string of the molecule is CCCOc1ccc(NC(=O)NCCN(CC)CC)cc1-c1nc(CC)c(CC)c(=O)[nH]1. The molecule has 3 N–H and O–H groups in total. The second kappa shape index (κ2) is 12.9. The molecule has 32 heavy (non-hydrogen) atoms. The monoisotopic (exact) mass is 443 g/mol. The van der Waals surface area contributed by atoms with Crippen molar-refractivity contribution in [3.05, 3.63) is 39.8 Å². The minimum Gasteiger partial charge on any atom is -0.493 e. The van der Waals surface area contributed by atoms with Crippen molar-refractivity contribution in [1.82, 2.24) is 20.2 Å². The molecule has 0 bridgehead atoms. The van der Waals surface area contributed by atoms with Gasteiger partial charge in [0, 0.05) is 24.3 Å². The second-order valence-electron chi connectivity index (χ2n) is 7.51. The Morgan fingerprint density at radius 2 is 1.88 bits per heavy atom. The number of anilines is 1. The quantitative estimate of drug-likeness (QED) is 0.463. The van der Waals surface area contributed by atoms with Gasteiger partial charge in [0.15, 0.2) is 0 Å². The molecule has 0 radical (unpaired) electrons. The van der Waals surface area contributed by atoms with E-state index < -0.39 is 0 Å². The average Bonchev–Trinajstić information content (AvgIpc) is 2.80. The van der Waals surface area contributed by atoms with E-state index in [0.717, 1.165) is 31.7 Å². The van der Waals surface area contributed by atoms with E-state index in [1.165, 1.54) is 0 Å². The molecule has 0 aliphatic rings. The maximum absolute atomic E-state index is 12.6. The molecule has 0 saturated carbocycles. The number of likely N-dealkylation sites (N-methyl/N-ethyl adjacent to an activating group) is 1. The zero-order valence-corrected chi connectivity index (χ0v) is 20.0. The van der Waals surface area contributed by atoms with E-state index in [1.54, 1.807) is 18.2 Å². The van der Waals surface area contributed by atoms with Gasteiger partial charge in [0.2, 0.25) is 0 Å². The van der Waals surface area contributed by atoms with Crippen molar-refractivity contribution in [1.29, 1.82) is 0 Å². The summed E-state index contributed by atoms with van der Waals surface area (Å²) in [6, 6.07) is 5.11. The van der Waals surface area contributed by atoms with Gasteiger partial charge in [-0.15, -0.1) is 0 Å². The molecule has 0 spiro atoms. The topological polar surface area (TPSA) is 99.3 Å². The highest BCUT2D eigenvalue weighted by Crippen LogP contribution is 2.31. The van der Waals surface area contributed by atoms with E-state index >= 15 is 0 Å². The highest BCUT2D eigenvalue weighted by atomic mass is 16.5. The summed E-state index contributed by atoms with van der Waals surface area (Å²) in [5.74, 6) is 1.06. The van der Waals surface area contributed by atoms with Crippen molar-refractivity contribution in [3.63, 3.8) is 0 Å². The molecule has 0 atom stereocenters. The first-order valence-electron chi connectivity index (χ1n) is 11.6. The number of hydrogen-bond donors (Lipinski definition) is 3. The zero-order valence-electron chi connectivity index (χ0n) is 20.0. The predicted octanol–water partition coefficient (Wildman–Crippen LogP) is 3.81. The van der Waals surface area contributed by atoms with Crippen LogP contribution >= 0.6 is 0 Å². The van der Waals surface area contributed by atoms with Crippen LogP contribution in [-0.2, 0) is 12.8 Å². The Labute approximate surface area is 190 Å². The number of aromatic amines is 1. The largest absolute Gasteiger partial charge is 0.493 e. The van der Waals surface area contributed by atoms with Gasteiger partial charge in [0.1, 0.15) is 11.6 Å². The Morgan fingerprint density at radius 1 is 1.12 bits per heavy atom. The summed E-state index contributed by atoms with van der Waals surface area (Å²) in [7, 11) is 0. The van der Waals surface area contributed by atoms with Gasteiger partial charge in [-0.05, 0) is 50.6 Å². The van der Waals surface area contributed by atoms with Crippen LogP contribution in [0.2, 0.25) is 0 Å². The zero-order chi connectivity index (χ0) is 23.5. The lowest BCUT2D eigenvalue weighted by Crippen LogP contribution is -2.36. The molecule has 8 heteroatoms. The van der Waals surface area contributed by atoms with Gasteiger partial charge in [-0.3, -0.25) is 4.79 Å². The molecule has 1 heterocycles. The molecule has 1 aromatic carbocycles. The Bertz CT molecular complexity index is 938. The highest BCUT2D eigenvalue weighted by molar-refractivity contribution is 5.90. The Kier molecular flexibility index (Phi) is 10.2. The summed E-state index contributed by atoms with van der Waals surface area (Å²) < 4.78 is 5.89. The van der Waals surface area contributed by atoms with E-state index in [9.17, 15) is 9.59 Å². The molecule has 8 nitrogen and oxygen atoms in total. The van der Waals surface area contributed by atoms with Crippen molar-refractivity contribution < 1.29 is 9.53 Å². The van der Waals surface area contributed by atoms with Gasteiger partial charge in [-0.25, -0.2) is 9.78 Å². The van der Waals surface area contributed by atoms with Crippen LogP contribution in [0, 0.1) is 0 Å². The van der Waals surface area contributed by atoms with Crippen molar-refractivity contribution in [2.24, 2.45) is 0 Å². The van der Waals surface area contributed by atoms with Gasteiger partial charge in [-0.2, -0.15) is 0 Å². The lowest BCUT2D eigenvalue weighted by Gasteiger charge is -2.18. The summed E-state index contributed by atoms with van der Waals surface area (Å²) in [4.78, 5) is 34.8. The Morgan fingerprint density at radius 3 is 2.50 bits per heavy atom. The fraction of sp³-hybridized carbons (Fsp3) is 0.542. The normalized spacial score (nSPS) is 10.9. The first kappa shape index (κ1) is 25.4. The lowest BCUT2D eigenvalue weighted by molar-refractivity contribution is 0.248. The average molecular weight is 444 g/mol. The van der Waals surface area contributed by atoms with Crippen LogP contribution in [0.4, 0.5) is 10.5 Å². The first-order chi connectivity index (χ1) is 15.5. The van der Waals surface area contributed by atoms with E-state index in [2.05, 4.69) is 34.4 Å². The summed E-state index contributed by atoms with van der Waals surface area (Å²) in [6.07, 6.45) is 2.14. The second-order valence-corrected chi connectivity index (χ2v) is 7.51. The molecule has 176 valence electrons. The van der Waals surface area contributed by atoms with Gasteiger partial charge in [0.05, 0.1) is 17.9 Å². The minimum atomic E-state index is -0.276. The van der Waals surface area contributed by atoms with Crippen LogP contribution < -0.4 is 20.9 Å². The molecule has 1 aromatic heterocycles. The number of benzene rings is 1. The number of carbonyl (C=O) groups excluding carboxylic acids is 1.